The summed E-state index contributed by atoms with van der Waals surface area (Å²) < 4.78 is 7.24. The third-order valence-electron chi connectivity index (χ3n) is 4.01. The Morgan fingerprint density at radius 2 is 2.24 bits per heavy atom. The maximum absolute atomic E-state index is 12.2. The third kappa shape index (κ3) is 2.13. The second kappa shape index (κ2) is 5.00. The molecule has 3 aromatic rings. The van der Waals surface area contributed by atoms with Gasteiger partial charge in [0.05, 0.1) is 6.20 Å². The van der Waals surface area contributed by atoms with Crippen molar-refractivity contribution in [3.8, 4) is 0 Å². The van der Waals surface area contributed by atoms with Gasteiger partial charge in [-0.15, -0.1) is 11.3 Å². The molecule has 21 heavy (non-hydrogen) atoms. The average Bonchev–Trinajstić information content (AvgIpc) is 3.24. The van der Waals surface area contributed by atoms with Crippen LogP contribution in [-0.2, 0) is 0 Å². The second-order valence-electron chi connectivity index (χ2n) is 5.17. The molecule has 0 aromatic carbocycles. The number of hydrogen-bond acceptors (Lipinski definition) is 5. The Bertz CT molecular complexity index is 753. The van der Waals surface area contributed by atoms with Crippen LogP contribution in [0.15, 0.2) is 34.8 Å². The maximum atomic E-state index is 12.2. The van der Waals surface area contributed by atoms with E-state index in [0.717, 1.165) is 30.9 Å². The highest BCUT2D eigenvalue weighted by Crippen LogP contribution is 2.31. The molecule has 0 unspecified atom stereocenters. The summed E-state index contributed by atoms with van der Waals surface area (Å²) in [6.45, 7) is 1.49. The van der Waals surface area contributed by atoms with Crippen molar-refractivity contribution in [2.75, 3.05) is 13.1 Å². The van der Waals surface area contributed by atoms with Crippen molar-refractivity contribution in [3.63, 3.8) is 0 Å². The first kappa shape index (κ1) is 12.6. The molecule has 1 fully saturated rings. The van der Waals surface area contributed by atoms with Crippen molar-refractivity contribution in [1.29, 1.82) is 0 Å². The number of carbonyl (C=O) groups excluding carboxylic acids is 1. The lowest BCUT2D eigenvalue weighted by molar-refractivity contribution is 0.0680. The van der Waals surface area contributed by atoms with Crippen LogP contribution in [-0.4, -0.2) is 38.3 Å². The van der Waals surface area contributed by atoms with Gasteiger partial charge in [-0.3, -0.25) is 9.20 Å². The van der Waals surface area contributed by atoms with Gasteiger partial charge in [-0.05, 0) is 12.8 Å². The van der Waals surface area contributed by atoms with E-state index >= 15 is 0 Å². The van der Waals surface area contributed by atoms with Gasteiger partial charge in [-0.2, -0.15) is 0 Å². The van der Waals surface area contributed by atoms with Crippen molar-refractivity contribution in [1.82, 2.24) is 19.3 Å². The molecule has 0 aliphatic carbocycles. The van der Waals surface area contributed by atoms with E-state index in [9.17, 15) is 4.79 Å². The summed E-state index contributed by atoms with van der Waals surface area (Å²) in [5.74, 6) is 0.733. The smallest absolute Gasteiger partial charge is 0.291 e. The number of hydrogen-bond donors (Lipinski definition) is 0. The summed E-state index contributed by atoms with van der Waals surface area (Å²) in [4.78, 5) is 23.2. The average molecular weight is 302 g/mol. The SMILES string of the molecule is O=C(c1cnco1)N1CCC(c2csc3nccn23)CC1. The molecule has 0 atom stereocenters. The maximum Gasteiger partial charge on any atom is 0.291 e. The van der Waals surface area contributed by atoms with Crippen LogP contribution in [0.1, 0.15) is 35.0 Å². The number of thiazole rings is 1. The molecular formula is C14H14N4O2S. The highest BCUT2D eigenvalue weighted by atomic mass is 32.1. The number of carbonyl (C=O) groups is 1. The predicted molar refractivity (Wildman–Crippen MR) is 77.5 cm³/mol. The highest BCUT2D eigenvalue weighted by Gasteiger charge is 2.27. The molecule has 4 heterocycles. The van der Waals surface area contributed by atoms with Crippen LogP contribution in [0.2, 0.25) is 0 Å². The summed E-state index contributed by atoms with van der Waals surface area (Å²) >= 11 is 1.67. The Hall–Kier alpha value is -2.15. The number of amides is 1. The monoisotopic (exact) mass is 302 g/mol. The molecule has 0 bridgehead atoms. The molecule has 0 saturated carbocycles. The standard InChI is InChI=1S/C14H14N4O2S/c19-13(12-7-15-9-20-12)17-4-1-10(2-5-17)11-8-21-14-16-3-6-18(11)14/h3,6-10H,1-2,4-5H2. The fraction of sp³-hybridized carbons (Fsp3) is 0.357. The van der Waals surface area contributed by atoms with Gasteiger partial charge >= 0.3 is 0 Å². The Morgan fingerprint density at radius 3 is 3.00 bits per heavy atom. The van der Waals surface area contributed by atoms with Gasteiger partial charge in [-0.25, -0.2) is 9.97 Å². The van der Waals surface area contributed by atoms with E-state index in [2.05, 4.69) is 19.7 Å². The second-order valence-corrected chi connectivity index (χ2v) is 6.01. The first-order chi connectivity index (χ1) is 10.3. The summed E-state index contributed by atoms with van der Waals surface area (Å²) in [5.41, 5.74) is 1.30. The van der Waals surface area contributed by atoms with E-state index in [0.29, 0.717) is 11.7 Å². The number of imidazole rings is 1. The largest absolute Gasteiger partial charge is 0.438 e. The zero-order valence-corrected chi connectivity index (χ0v) is 12.1. The number of aromatic nitrogens is 3. The van der Waals surface area contributed by atoms with Crippen LogP contribution in [0.4, 0.5) is 0 Å². The summed E-state index contributed by atoms with van der Waals surface area (Å²) in [6, 6.07) is 0. The summed E-state index contributed by atoms with van der Waals surface area (Å²) in [6.07, 6.45) is 8.53. The predicted octanol–water partition coefficient (Wildman–Crippen LogP) is 2.40. The van der Waals surface area contributed by atoms with Crippen molar-refractivity contribution >= 4 is 22.2 Å². The fourth-order valence-electron chi connectivity index (χ4n) is 2.89. The quantitative estimate of drug-likeness (QED) is 0.729. The highest BCUT2D eigenvalue weighted by molar-refractivity contribution is 7.15. The summed E-state index contributed by atoms with van der Waals surface area (Å²) in [7, 11) is 0. The van der Waals surface area contributed by atoms with Crippen LogP contribution in [0, 0.1) is 0 Å². The molecule has 1 aliphatic rings. The Morgan fingerprint density at radius 1 is 1.38 bits per heavy atom. The minimum Gasteiger partial charge on any atom is -0.438 e. The topological polar surface area (TPSA) is 63.6 Å². The lowest BCUT2D eigenvalue weighted by atomic mass is 9.94. The molecule has 1 aliphatic heterocycles. The Kier molecular flexibility index (Phi) is 2.99. The van der Waals surface area contributed by atoms with Gasteiger partial charge in [0, 0.05) is 42.5 Å². The summed E-state index contributed by atoms with van der Waals surface area (Å²) in [5, 5.41) is 2.18. The van der Waals surface area contributed by atoms with Gasteiger partial charge < -0.3 is 9.32 Å². The fourth-order valence-corrected chi connectivity index (χ4v) is 3.83. The lowest BCUT2D eigenvalue weighted by Gasteiger charge is -2.31. The van der Waals surface area contributed by atoms with Crippen molar-refractivity contribution < 1.29 is 9.21 Å². The molecule has 0 N–H and O–H groups in total. The number of nitrogens with zero attached hydrogens (tertiary/aromatic N) is 4. The van der Waals surface area contributed by atoms with Crippen LogP contribution < -0.4 is 0 Å². The number of likely N-dealkylation sites (tertiary alicyclic amines) is 1. The molecule has 4 rings (SSSR count). The number of fused-ring (bicyclic) bond motifs is 1. The molecule has 6 nitrogen and oxygen atoms in total. The van der Waals surface area contributed by atoms with E-state index in [4.69, 9.17) is 4.42 Å². The van der Waals surface area contributed by atoms with Crippen molar-refractivity contribution in [2.45, 2.75) is 18.8 Å². The van der Waals surface area contributed by atoms with Crippen LogP contribution >= 0.6 is 11.3 Å². The minimum absolute atomic E-state index is 0.0657. The third-order valence-corrected chi connectivity index (χ3v) is 4.89. The van der Waals surface area contributed by atoms with E-state index in [1.165, 1.54) is 18.3 Å². The zero-order valence-electron chi connectivity index (χ0n) is 11.3. The normalized spacial score (nSPS) is 16.7. The molecule has 3 aromatic heterocycles. The first-order valence-electron chi connectivity index (χ1n) is 6.91. The molecular weight excluding hydrogens is 288 g/mol. The molecule has 1 saturated heterocycles. The number of rotatable bonds is 2. The van der Waals surface area contributed by atoms with E-state index in [-0.39, 0.29) is 5.91 Å². The van der Waals surface area contributed by atoms with Gasteiger partial charge in [0.2, 0.25) is 5.76 Å². The van der Waals surface area contributed by atoms with E-state index in [1.54, 1.807) is 11.3 Å². The van der Waals surface area contributed by atoms with Crippen LogP contribution in [0.3, 0.4) is 0 Å². The van der Waals surface area contributed by atoms with Gasteiger partial charge in [0.25, 0.3) is 5.91 Å². The van der Waals surface area contributed by atoms with E-state index < -0.39 is 0 Å². The van der Waals surface area contributed by atoms with Gasteiger partial charge in [0.1, 0.15) is 0 Å². The first-order valence-corrected chi connectivity index (χ1v) is 7.79. The molecule has 108 valence electrons. The van der Waals surface area contributed by atoms with Crippen LogP contribution in [0.5, 0.6) is 0 Å². The van der Waals surface area contributed by atoms with Crippen molar-refractivity contribution in [2.24, 2.45) is 0 Å². The lowest BCUT2D eigenvalue weighted by Crippen LogP contribution is -2.37. The van der Waals surface area contributed by atoms with Crippen molar-refractivity contribution in [3.05, 3.63) is 41.8 Å². The Labute approximate surface area is 125 Å². The number of oxazole rings is 1. The van der Waals surface area contributed by atoms with Crippen LogP contribution in [0.25, 0.3) is 4.96 Å². The minimum atomic E-state index is -0.0657. The van der Waals surface area contributed by atoms with Gasteiger partial charge in [0.15, 0.2) is 11.4 Å². The molecule has 7 heteroatoms. The molecule has 1 amide bonds. The number of piperidine rings is 1. The molecule has 0 radical (unpaired) electrons. The molecule has 0 spiro atoms. The van der Waals surface area contributed by atoms with E-state index in [1.807, 2.05) is 17.3 Å². The Balaban J connectivity index is 1.47. The zero-order chi connectivity index (χ0) is 14.2. The van der Waals surface area contributed by atoms with Gasteiger partial charge in [-0.1, -0.05) is 0 Å².